The zero-order chi connectivity index (χ0) is 22.5. The van der Waals surface area contributed by atoms with Gasteiger partial charge in [0.15, 0.2) is 0 Å². The van der Waals surface area contributed by atoms with E-state index >= 15 is 0 Å². The fraction of sp³-hybridized carbons (Fsp3) is 0.167. The lowest BCUT2D eigenvalue weighted by molar-refractivity contribution is 0.0933. The first-order valence-electron chi connectivity index (χ1n) is 10.2. The lowest BCUT2D eigenvalue weighted by Gasteiger charge is -2.37. The molecule has 8 heteroatoms. The normalized spacial score (nSPS) is 17.7. The number of piperazine rings is 1. The molecule has 0 bridgehead atoms. The zero-order valence-electron chi connectivity index (χ0n) is 17.0. The molecule has 0 spiro atoms. The minimum atomic E-state index is -3.69. The van der Waals surface area contributed by atoms with Crippen LogP contribution in [0.1, 0.15) is 20.7 Å². The highest BCUT2D eigenvalue weighted by Crippen LogP contribution is 2.31. The van der Waals surface area contributed by atoms with Crippen LogP contribution in [0.15, 0.2) is 82.4 Å². The van der Waals surface area contributed by atoms with Crippen LogP contribution in [-0.2, 0) is 10.0 Å². The highest BCUT2D eigenvalue weighted by molar-refractivity contribution is 7.89. The van der Waals surface area contributed by atoms with E-state index in [0.29, 0.717) is 11.1 Å². The van der Waals surface area contributed by atoms with Crippen LogP contribution in [0.2, 0.25) is 0 Å². The van der Waals surface area contributed by atoms with Crippen LogP contribution in [0, 0.1) is 0 Å². The van der Waals surface area contributed by atoms with Crippen molar-refractivity contribution < 1.29 is 18.0 Å². The van der Waals surface area contributed by atoms with Crippen molar-refractivity contribution in [2.24, 2.45) is 0 Å². The Morgan fingerprint density at radius 2 is 1.31 bits per heavy atom. The van der Waals surface area contributed by atoms with E-state index in [0.717, 1.165) is 10.8 Å². The number of sulfonamides is 1. The minimum absolute atomic E-state index is 0.112. The van der Waals surface area contributed by atoms with Gasteiger partial charge in [-0.2, -0.15) is 4.31 Å². The van der Waals surface area contributed by atoms with E-state index in [-0.39, 0.29) is 53.4 Å². The van der Waals surface area contributed by atoms with Crippen LogP contribution < -0.4 is 0 Å². The van der Waals surface area contributed by atoms with Crippen molar-refractivity contribution in [1.82, 2.24) is 9.21 Å². The van der Waals surface area contributed by atoms with Crippen molar-refractivity contribution in [3.8, 4) is 0 Å². The average molecular weight is 467 g/mol. The number of benzene rings is 3. The van der Waals surface area contributed by atoms with E-state index in [9.17, 15) is 18.0 Å². The SMILES string of the molecule is O=C1C(Cl)=C(N2CCN(S(=O)(=O)c3ccc4ccccc4c3)CC2)C(=O)c2ccccc21. The van der Waals surface area contributed by atoms with Gasteiger partial charge in [-0.15, -0.1) is 0 Å². The lowest BCUT2D eigenvalue weighted by atomic mass is 9.91. The number of nitrogens with zero attached hydrogens (tertiary/aromatic N) is 2. The third kappa shape index (κ3) is 3.33. The maximum Gasteiger partial charge on any atom is 0.243 e. The molecule has 32 heavy (non-hydrogen) atoms. The van der Waals surface area contributed by atoms with Gasteiger partial charge >= 0.3 is 0 Å². The maximum absolute atomic E-state index is 13.2. The number of fused-ring (bicyclic) bond motifs is 2. The summed E-state index contributed by atoms with van der Waals surface area (Å²) < 4.78 is 27.8. The second-order valence-electron chi connectivity index (χ2n) is 7.77. The monoisotopic (exact) mass is 466 g/mol. The standard InChI is InChI=1S/C24H19ClN2O4S/c25-21-22(24(29)20-8-4-3-7-19(20)23(21)28)26-11-13-27(14-12-26)32(30,31)18-10-9-16-5-1-2-6-17(16)15-18/h1-10,15H,11-14H2. The topological polar surface area (TPSA) is 74.8 Å². The number of Topliss-reactive ketones (excluding diaryl/α,β-unsaturated/α-hetero) is 2. The van der Waals surface area contributed by atoms with E-state index in [1.165, 1.54) is 4.31 Å². The Bertz CT molecular complexity index is 1410. The van der Waals surface area contributed by atoms with Crippen LogP contribution in [0.3, 0.4) is 0 Å². The predicted octanol–water partition coefficient (Wildman–Crippen LogP) is 3.68. The summed E-state index contributed by atoms with van der Waals surface area (Å²) in [6, 6.07) is 19.3. The Morgan fingerprint density at radius 3 is 2.00 bits per heavy atom. The highest BCUT2D eigenvalue weighted by Gasteiger charge is 2.37. The molecule has 6 nitrogen and oxygen atoms in total. The lowest BCUT2D eigenvalue weighted by Crippen LogP contribution is -2.49. The van der Waals surface area contributed by atoms with Crippen molar-refractivity contribution >= 4 is 44.0 Å². The van der Waals surface area contributed by atoms with Crippen LogP contribution in [-0.4, -0.2) is 55.4 Å². The number of rotatable bonds is 3. The molecule has 0 N–H and O–H groups in total. The fourth-order valence-corrected chi connectivity index (χ4v) is 6.01. The van der Waals surface area contributed by atoms with Gasteiger partial charge < -0.3 is 4.90 Å². The molecule has 0 saturated carbocycles. The van der Waals surface area contributed by atoms with Crippen molar-refractivity contribution in [3.05, 3.63) is 88.6 Å². The Hall–Kier alpha value is -3.00. The first kappa shape index (κ1) is 20.9. The van der Waals surface area contributed by atoms with Gasteiger partial charge in [-0.25, -0.2) is 8.42 Å². The number of hydrogen-bond acceptors (Lipinski definition) is 5. The summed E-state index contributed by atoms with van der Waals surface area (Å²) >= 11 is 6.30. The smallest absolute Gasteiger partial charge is 0.243 e. The average Bonchev–Trinajstić information content (AvgIpc) is 2.83. The number of carbonyl (C=O) groups is 2. The van der Waals surface area contributed by atoms with Crippen molar-refractivity contribution in [3.63, 3.8) is 0 Å². The summed E-state index contributed by atoms with van der Waals surface area (Å²) in [5.74, 6) is -0.695. The number of carbonyl (C=O) groups excluding carboxylic acids is 2. The van der Waals surface area contributed by atoms with E-state index in [2.05, 4.69) is 0 Å². The van der Waals surface area contributed by atoms with Gasteiger partial charge in [0.05, 0.1) is 4.90 Å². The summed E-state index contributed by atoms with van der Waals surface area (Å²) in [5.41, 5.74) is 0.769. The van der Waals surface area contributed by atoms with Crippen LogP contribution in [0.4, 0.5) is 0 Å². The van der Waals surface area contributed by atoms with E-state index in [4.69, 9.17) is 11.6 Å². The van der Waals surface area contributed by atoms with E-state index in [1.807, 2.05) is 24.3 Å². The van der Waals surface area contributed by atoms with Gasteiger partial charge in [0.2, 0.25) is 21.6 Å². The molecule has 1 saturated heterocycles. The summed E-state index contributed by atoms with van der Waals surface area (Å²) in [4.78, 5) is 27.6. The molecule has 2 aliphatic rings. The van der Waals surface area contributed by atoms with Crippen molar-refractivity contribution in [2.75, 3.05) is 26.2 Å². The van der Waals surface area contributed by atoms with Gasteiger partial charge in [0, 0.05) is 37.3 Å². The first-order valence-corrected chi connectivity index (χ1v) is 12.0. The van der Waals surface area contributed by atoms with Gasteiger partial charge in [0.1, 0.15) is 10.7 Å². The Balaban J connectivity index is 1.38. The molecule has 5 rings (SSSR count). The molecule has 1 aliphatic heterocycles. The molecule has 0 atom stereocenters. The largest absolute Gasteiger partial charge is 0.364 e. The third-order valence-corrected chi connectivity index (χ3v) is 8.20. The summed E-state index contributed by atoms with van der Waals surface area (Å²) in [6.45, 7) is 0.900. The summed E-state index contributed by atoms with van der Waals surface area (Å²) in [5, 5.41) is 1.72. The fourth-order valence-electron chi connectivity index (χ4n) is 4.24. The Labute approximate surface area is 190 Å². The molecule has 1 fully saturated rings. The maximum atomic E-state index is 13.2. The van der Waals surface area contributed by atoms with Gasteiger partial charge in [-0.05, 0) is 22.9 Å². The molecule has 162 valence electrons. The van der Waals surface area contributed by atoms with E-state index in [1.54, 1.807) is 47.4 Å². The van der Waals surface area contributed by atoms with Crippen molar-refractivity contribution in [1.29, 1.82) is 0 Å². The Morgan fingerprint density at radius 1 is 0.719 bits per heavy atom. The van der Waals surface area contributed by atoms with Crippen molar-refractivity contribution in [2.45, 2.75) is 4.90 Å². The summed E-state index contributed by atoms with van der Waals surface area (Å²) in [6.07, 6.45) is 0. The zero-order valence-corrected chi connectivity index (χ0v) is 18.6. The third-order valence-electron chi connectivity index (χ3n) is 5.95. The molecule has 0 radical (unpaired) electrons. The molecular weight excluding hydrogens is 448 g/mol. The first-order chi connectivity index (χ1) is 15.4. The highest BCUT2D eigenvalue weighted by atomic mass is 35.5. The number of allylic oxidation sites excluding steroid dienone is 2. The molecule has 3 aromatic carbocycles. The molecular formula is C24H19ClN2O4S. The Kier molecular flexibility index (Phi) is 5.12. The molecule has 3 aromatic rings. The molecule has 0 unspecified atom stereocenters. The number of ketones is 2. The summed E-state index contributed by atoms with van der Waals surface area (Å²) in [7, 11) is -3.69. The second-order valence-corrected chi connectivity index (χ2v) is 10.1. The molecule has 0 amide bonds. The molecule has 1 heterocycles. The molecule has 0 aromatic heterocycles. The van der Waals surface area contributed by atoms with Gasteiger partial charge in [-0.1, -0.05) is 66.2 Å². The number of hydrogen-bond donors (Lipinski definition) is 0. The molecule has 1 aliphatic carbocycles. The number of halogens is 1. The van der Waals surface area contributed by atoms with Crippen LogP contribution >= 0.6 is 11.6 Å². The predicted molar refractivity (Wildman–Crippen MR) is 122 cm³/mol. The van der Waals surface area contributed by atoms with Crippen LogP contribution in [0.5, 0.6) is 0 Å². The minimum Gasteiger partial charge on any atom is -0.364 e. The van der Waals surface area contributed by atoms with E-state index < -0.39 is 10.0 Å². The van der Waals surface area contributed by atoms with Gasteiger partial charge in [0.25, 0.3) is 0 Å². The van der Waals surface area contributed by atoms with Crippen LogP contribution in [0.25, 0.3) is 10.8 Å². The second kappa shape index (κ2) is 7.85. The quantitative estimate of drug-likeness (QED) is 0.588. The van der Waals surface area contributed by atoms with Gasteiger partial charge in [-0.3, -0.25) is 9.59 Å².